The number of hydrogen-bond donors (Lipinski definition) is 2. The van der Waals surface area contributed by atoms with E-state index in [1.807, 2.05) is 19.1 Å². The Morgan fingerprint density at radius 3 is 2.45 bits per heavy atom. The first-order valence-electron chi connectivity index (χ1n) is 3.56. The lowest BCUT2D eigenvalue weighted by molar-refractivity contribution is 0.507. The first-order chi connectivity index (χ1) is 5.17. The van der Waals surface area contributed by atoms with Crippen molar-refractivity contribution >= 4 is 0 Å². The molecule has 0 unspecified atom stereocenters. The van der Waals surface area contributed by atoms with E-state index in [9.17, 15) is 0 Å². The summed E-state index contributed by atoms with van der Waals surface area (Å²) in [6.07, 6.45) is 3.44. The fourth-order valence-corrected chi connectivity index (χ4v) is 0.851. The summed E-state index contributed by atoms with van der Waals surface area (Å²) in [7, 11) is 0. The minimum atomic E-state index is -0.428. The van der Waals surface area contributed by atoms with Crippen LogP contribution in [0.5, 0.6) is 0 Å². The summed E-state index contributed by atoms with van der Waals surface area (Å²) < 4.78 is 0. The highest BCUT2D eigenvalue weighted by Gasteiger charge is 2.17. The smallest absolute Gasteiger partial charge is 0.0506 e. The molecule has 4 N–H and O–H groups in total. The maximum atomic E-state index is 5.88. The van der Waals surface area contributed by atoms with Crippen LogP contribution in [0.3, 0.4) is 0 Å². The third kappa shape index (κ3) is 1.76. The van der Waals surface area contributed by atoms with Gasteiger partial charge in [-0.25, -0.2) is 0 Å². The molecule has 0 saturated heterocycles. The van der Waals surface area contributed by atoms with E-state index in [-0.39, 0.29) is 0 Å². The van der Waals surface area contributed by atoms with E-state index in [0.717, 1.165) is 5.56 Å². The standard InChI is InChI=1S/C8H13N3/c1-8(10,6-9)7-2-4-11-5-3-7/h2-5H,6,9-10H2,1H3/t8-/m1/s1. The summed E-state index contributed by atoms with van der Waals surface area (Å²) in [5.74, 6) is 0. The van der Waals surface area contributed by atoms with Gasteiger partial charge in [-0.15, -0.1) is 0 Å². The number of hydrogen-bond acceptors (Lipinski definition) is 3. The third-order valence-corrected chi connectivity index (χ3v) is 1.76. The van der Waals surface area contributed by atoms with Crippen LogP contribution in [-0.2, 0) is 5.54 Å². The molecule has 1 heterocycles. The van der Waals surface area contributed by atoms with Crippen molar-refractivity contribution in [2.24, 2.45) is 11.5 Å². The predicted molar refractivity (Wildman–Crippen MR) is 44.8 cm³/mol. The second kappa shape index (κ2) is 2.98. The molecule has 60 valence electrons. The van der Waals surface area contributed by atoms with Gasteiger partial charge in [0.05, 0.1) is 5.54 Å². The molecule has 0 aliphatic heterocycles. The molecule has 3 nitrogen and oxygen atoms in total. The zero-order valence-corrected chi connectivity index (χ0v) is 6.62. The van der Waals surface area contributed by atoms with Crippen LogP contribution in [0.4, 0.5) is 0 Å². The Balaban J connectivity index is 2.93. The largest absolute Gasteiger partial charge is 0.328 e. The van der Waals surface area contributed by atoms with Gasteiger partial charge < -0.3 is 11.5 Å². The highest BCUT2D eigenvalue weighted by Crippen LogP contribution is 2.13. The topological polar surface area (TPSA) is 64.9 Å². The molecule has 0 bridgehead atoms. The molecule has 0 aliphatic carbocycles. The lowest BCUT2D eigenvalue weighted by Gasteiger charge is -2.22. The van der Waals surface area contributed by atoms with Crippen LogP contribution in [0.2, 0.25) is 0 Å². The molecule has 0 aromatic carbocycles. The quantitative estimate of drug-likeness (QED) is 0.635. The van der Waals surface area contributed by atoms with Gasteiger partial charge in [0.15, 0.2) is 0 Å². The Hall–Kier alpha value is -0.930. The first-order valence-corrected chi connectivity index (χ1v) is 3.56. The molecular weight excluding hydrogens is 138 g/mol. The highest BCUT2D eigenvalue weighted by molar-refractivity contribution is 5.20. The van der Waals surface area contributed by atoms with Crippen molar-refractivity contribution in [3.8, 4) is 0 Å². The summed E-state index contributed by atoms with van der Waals surface area (Å²) in [5.41, 5.74) is 12.0. The number of rotatable bonds is 2. The lowest BCUT2D eigenvalue weighted by Crippen LogP contribution is -2.40. The SMILES string of the molecule is C[C@@](N)(CN)c1ccncc1. The van der Waals surface area contributed by atoms with Crippen molar-refractivity contribution in [2.45, 2.75) is 12.5 Å². The normalized spacial score (nSPS) is 15.9. The van der Waals surface area contributed by atoms with Crippen LogP contribution in [0.1, 0.15) is 12.5 Å². The van der Waals surface area contributed by atoms with Crippen molar-refractivity contribution in [3.05, 3.63) is 30.1 Å². The minimum Gasteiger partial charge on any atom is -0.328 e. The molecule has 0 aliphatic rings. The van der Waals surface area contributed by atoms with Crippen molar-refractivity contribution in [1.82, 2.24) is 4.98 Å². The molecule has 1 aromatic heterocycles. The molecule has 0 fully saturated rings. The van der Waals surface area contributed by atoms with Crippen LogP contribution in [0, 0.1) is 0 Å². The maximum Gasteiger partial charge on any atom is 0.0506 e. The highest BCUT2D eigenvalue weighted by atomic mass is 14.8. The molecule has 0 spiro atoms. The lowest BCUT2D eigenvalue weighted by atomic mass is 9.95. The summed E-state index contributed by atoms with van der Waals surface area (Å²) in [6, 6.07) is 3.76. The van der Waals surface area contributed by atoms with Crippen molar-refractivity contribution in [3.63, 3.8) is 0 Å². The Morgan fingerprint density at radius 2 is 2.00 bits per heavy atom. The number of aromatic nitrogens is 1. The summed E-state index contributed by atoms with van der Waals surface area (Å²) in [4.78, 5) is 3.90. The van der Waals surface area contributed by atoms with Gasteiger partial charge in [-0.05, 0) is 24.6 Å². The van der Waals surface area contributed by atoms with Gasteiger partial charge in [0.25, 0.3) is 0 Å². The van der Waals surface area contributed by atoms with Crippen LogP contribution in [0.25, 0.3) is 0 Å². The van der Waals surface area contributed by atoms with Crippen molar-refractivity contribution in [2.75, 3.05) is 6.54 Å². The van der Waals surface area contributed by atoms with Gasteiger partial charge in [0, 0.05) is 18.9 Å². The van der Waals surface area contributed by atoms with E-state index in [0.29, 0.717) is 6.54 Å². The Morgan fingerprint density at radius 1 is 1.45 bits per heavy atom. The first kappa shape index (κ1) is 8.17. The number of pyridine rings is 1. The third-order valence-electron chi connectivity index (χ3n) is 1.76. The van der Waals surface area contributed by atoms with Gasteiger partial charge in [-0.1, -0.05) is 0 Å². The second-order valence-corrected chi connectivity index (χ2v) is 2.86. The van der Waals surface area contributed by atoms with E-state index in [1.165, 1.54) is 0 Å². The summed E-state index contributed by atoms with van der Waals surface area (Å²) in [6.45, 7) is 2.35. The second-order valence-electron chi connectivity index (χ2n) is 2.86. The monoisotopic (exact) mass is 151 g/mol. The van der Waals surface area contributed by atoms with Gasteiger partial charge in [-0.2, -0.15) is 0 Å². The molecule has 3 heteroatoms. The average Bonchev–Trinajstić information content (AvgIpc) is 2.06. The van der Waals surface area contributed by atoms with Crippen LogP contribution in [0.15, 0.2) is 24.5 Å². The fraction of sp³-hybridized carbons (Fsp3) is 0.375. The minimum absolute atomic E-state index is 0.428. The summed E-state index contributed by atoms with van der Waals surface area (Å²) in [5, 5.41) is 0. The molecule has 0 radical (unpaired) electrons. The van der Waals surface area contributed by atoms with Crippen LogP contribution < -0.4 is 11.5 Å². The number of nitrogens with zero attached hydrogens (tertiary/aromatic N) is 1. The molecule has 1 rings (SSSR count). The van der Waals surface area contributed by atoms with Gasteiger partial charge in [-0.3, -0.25) is 4.98 Å². The Kier molecular flexibility index (Phi) is 2.22. The molecular formula is C8H13N3. The molecule has 0 saturated carbocycles. The van der Waals surface area contributed by atoms with Gasteiger partial charge >= 0.3 is 0 Å². The Bertz CT molecular complexity index is 218. The van der Waals surface area contributed by atoms with E-state index in [2.05, 4.69) is 4.98 Å². The van der Waals surface area contributed by atoms with E-state index in [4.69, 9.17) is 11.5 Å². The molecule has 1 atom stereocenters. The van der Waals surface area contributed by atoms with Crippen LogP contribution in [-0.4, -0.2) is 11.5 Å². The molecule has 11 heavy (non-hydrogen) atoms. The van der Waals surface area contributed by atoms with E-state index in [1.54, 1.807) is 12.4 Å². The van der Waals surface area contributed by atoms with Gasteiger partial charge in [0.2, 0.25) is 0 Å². The maximum absolute atomic E-state index is 5.88. The van der Waals surface area contributed by atoms with Crippen molar-refractivity contribution in [1.29, 1.82) is 0 Å². The molecule has 1 aromatic rings. The molecule has 0 amide bonds. The predicted octanol–water partition coefficient (Wildman–Crippen LogP) is 0.214. The van der Waals surface area contributed by atoms with Crippen molar-refractivity contribution < 1.29 is 0 Å². The zero-order chi connectivity index (χ0) is 8.32. The van der Waals surface area contributed by atoms with Crippen LogP contribution >= 0.6 is 0 Å². The van der Waals surface area contributed by atoms with E-state index >= 15 is 0 Å². The summed E-state index contributed by atoms with van der Waals surface area (Å²) >= 11 is 0. The van der Waals surface area contributed by atoms with E-state index < -0.39 is 5.54 Å². The zero-order valence-electron chi connectivity index (χ0n) is 6.62. The Labute approximate surface area is 66.4 Å². The van der Waals surface area contributed by atoms with Gasteiger partial charge in [0.1, 0.15) is 0 Å². The number of nitrogens with two attached hydrogens (primary N) is 2. The average molecular weight is 151 g/mol. The fourth-order valence-electron chi connectivity index (χ4n) is 0.851.